The van der Waals surface area contributed by atoms with Crippen LogP contribution in [0.3, 0.4) is 0 Å². The molecule has 7 heteroatoms. The molecule has 1 saturated carbocycles. The first-order valence-electron chi connectivity index (χ1n) is 8.91. The maximum atomic E-state index is 14.8. The summed E-state index contributed by atoms with van der Waals surface area (Å²) in [5, 5.41) is 0. The predicted molar refractivity (Wildman–Crippen MR) is 90.1 cm³/mol. The van der Waals surface area contributed by atoms with Crippen molar-refractivity contribution in [2.75, 3.05) is 26.9 Å². The number of halogens is 1. The van der Waals surface area contributed by atoms with Gasteiger partial charge in [0.25, 0.3) is 0 Å². The number of hydrogen-bond acceptors (Lipinski definition) is 5. The standard InChI is InChI=1S/C18H24FN3O3/c1-22-16(23)13-6-7-24-10-18(13,21-17(22)20)14-8-12(4-5-15(14)19)25-9-11-2-3-11/h4-5,11,13-14H,2-3,6-10H2,1H3,(H2,20,21)/t13-,14?,18-/m0/s1. The molecule has 6 nitrogen and oxygen atoms in total. The van der Waals surface area contributed by atoms with E-state index in [1.807, 2.05) is 0 Å². The molecule has 4 aliphatic rings. The van der Waals surface area contributed by atoms with Crippen molar-refractivity contribution >= 4 is 11.9 Å². The number of ether oxygens (including phenoxy) is 2. The maximum absolute atomic E-state index is 14.8. The highest BCUT2D eigenvalue weighted by molar-refractivity contribution is 6.00. The summed E-state index contributed by atoms with van der Waals surface area (Å²) in [6, 6.07) is 0. The van der Waals surface area contributed by atoms with Crippen LogP contribution in [0.2, 0.25) is 0 Å². The van der Waals surface area contributed by atoms with Crippen LogP contribution in [0.1, 0.15) is 25.7 Å². The molecule has 0 aromatic carbocycles. The Morgan fingerprint density at radius 3 is 2.96 bits per heavy atom. The smallest absolute Gasteiger partial charge is 0.234 e. The van der Waals surface area contributed by atoms with Crippen molar-refractivity contribution in [1.29, 1.82) is 0 Å². The van der Waals surface area contributed by atoms with Crippen LogP contribution in [-0.2, 0) is 14.3 Å². The van der Waals surface area contributed by atoms with Gasteiger partial charge >= 0.3 is 0 Å². The number of nitrogens with two attached hydrogens (primary N) is 1. The van der Waals surface area contributed by atoms with E-state index in [0.29, 0.717) is 32.0 Å². The van der Waals surface area contributed by atoms with Gasteiger partial charge in [-0.2, -0.15) is 0 Å². The third-order valence-electron chi connectivity index (χ3n) is 5.75. The Labute approximate surface area is 146 Å². The molecule has 136 valence electrons. The molecule has 0 aromatic rings. The molecule has 2 aliphatic carbocycles. The molecule has 0 aromatic heterocycles. The van der Waals surface area contributed by atoms with Gasteiger partial charge in [0.05, 0.1) is 24.9 Å². The molecule has 1 amide bonds. The molecule has 3 atom stereocenters. The highest BCUT2D eigenvalue weighted by Gasteiger charge is 2.56. The van der Waals surface area contributed by atoms with Gasteiger partial charge in [-0.25, -0.2) is 9.38 Å². The molecule has 1 saturated heterocycles. The number of carbonyl (C=O) groups is 1. The van der Waals surface area contributed by atoms with Crippen molar-refractivity contribution in [3.63, 3.8) is 0 Å². The summed E-state index contributed by atoms with van der Waals surface area (Å²) in [5.74, 6) is 0.0739. The fraction of sp³-hybridized carbons (Fsp3) is 0.667. The molecular weight excluding hydrogens is 325 g/mol. The molecule has 2 aliphatic heterocycles. The number of rotatable bonds is 4. The van der Waals surface area contributed by atoms with Gasteiger partial charge in [0.15, 0.2) is 5.96 Å². The van der Waals surface area contributed by atoms with E-state index < -0.39 is 17.4 Å². The molecule has 0 radical (unpaired) electrons. The van der Waals surface area contributed by atoms with Gasteiger partial charge in [-0.3, -0.25) is 9.69 Å². The van der Waals surface area contributed by atoms with Gasteiger partial charge in [0.1, 0.15) is 11.4 Å². The van der Waals surface area contributed by atoms with Gasteiger partial charge < -0.3 is 15.2 Å². The van der Waals surface area contributed by atoms with Gasteiger partial charge in [0, 0.05) is 26.0 Å². The van der Waals surface area contributed by atoms with Crippen LogP contribution in [0.4, 0.5) is 4.39 Å². The summed E-state index contributed by atoms with van der Waals surface area (Å²) < 4.78 is 26.3. The molecule has 4 rings (SSSR count). The highest BCUT2D eigenvalue weighted by atomic mass is 19.1. The molecule has 0 spiro atoms. The quantitative estimate of drug-likeness (QED) is 0.839. The normalized spacial score (nSPS) is 35.5. The van der Waals surface area contributed by atoms with Crippen LogP contribution in [0, 0.1) is 17.8 Å². The lowest BCUT2D eigenvalue weighted by Gasteiger charge is -2.49. The summed E-state index contributed by atoms with van der Waals surface area (Å²) in [7, 11) is 1.61. The van der Waals surface area contributed by atoms with E-state index in [1.54, 1.807) is 13.1 Å². The van der Waals surface area contributed by atoms with Crippen LogP contribution in [0.15, 0.2) is 28.7 Å². The topological polar surface area (TPSA) is 77.2 Å². The van der Waals surface area contributed by atoms with Crippen LogP contribution in [0.25, 0.3) is 0 Å². The Hall–Kier alpha value is -1.89. The summed E-state index contributed by atoms with van der Waals surface area (Å²) in [4.78, 5) is 18.7. The van der Waals surface area contributed by atoms with Crippen LogP contribution in [0.5, 0.6) is 0 Å². The van der Waals surface area contributed by atoms with Gasteiger partial charge in [0.2, 0.25) is 5.91 Å². The number of hydrogen-bond donors (Lipinski definition) is 1. The number of amides is 1. The Balaban J connectivity index is 1.64. The molecule has 2 N–H and O–H groups in total. The van der Waals surface area contributed by atoms with Crippen molar-refractivity contribution in [1.82, 2.24) is 4.90 Å². The first kappa shape index (κ1) is 16.6. The summed E-state index contributed by atoms with van der Waals surface area (Å²) in [5.41, 5.74) is 4.97. The Kier molecular flexibility index (Phi) is 4.06. The zero-order valence-electron chi connectivity index (χ0n) is 14.4. The average molecular weight is 349 g/mol. The average Bonchev–Trinajstić information content (AvgIpc) is 3.43. The molecule has 0 bridgehead atoms. The number of fused-ring (bicyclic) bond motifs is 1. The third kappa shape index (κ3) is 2.84. The van der Waals surface area contributed by atoms with Gasteiger partial charge in [-0.05, 0) is 37.3 Å². The first-order chi connectivity index (χ1) is 12.0. The van der Waals surface area contributed by atoms with Crippen molar-refractivity contribution < 1.29 is 18.7 Å². The molecule has 2 heterocycles. The zero-order chi connectivity index (χ0) is 17.6. The van der Waals surface area contributed by atoms with Crippen LogP contribution in [-0.4, -0.2) is 49.2 Å². The number of carbonyl (C=O) groups excluding carboxylic acids is 1. The molecular formula is C18H24FN3O3. The van der Waals surface area contributed by atoms with Crippen molar-refractivity contribution in [3.05, 3.63) is 23.7 Å². The lowest BCUT2D eigenvalue weighted by Crippen LogP contribution is -2.63. The minimum absolute atomic E-state index is 0.112. The minimum Gasteiger partial charge on any atom is -0.498 e. The summed E-state index contributed by atoms with van der Waals surface area (Å²) in [6.45, 7) is 1.34. The third-order valence-corrected chi connectivity index (χ3v) is 5.75. The Morgan fingerprint density at radius 2 is 2.20 bits per heavy atom. The lowest BCUT2D eigenvalue weighted by atomic mass is 9.68. The molecule has 25 heavy (non-hydrogen) atoms. The zero-order valence-corrected chi connectivity index (χ0v) is 14.4. The van der Waals surface area contributed by atoms with E-state index >= 15 is 0 Å². The van der Waals surface area contributed by atoms with Crippen molar-refractivity contribution in [2.24, 2.45) is 28.5 Å². The number of guanidine groups is 1. The Bertz CT molecular complexity index is 670. The second kappa shape index (κ2) is 6.12. The minimum atomic E-state index is -0.991. The summed E-state index contributed by atoms with van der Waals surface area (Å²) in [6.07, 6.45) is 6.41. The number of allylic oxidation sites excluding steroid dienone is 3. The number of aliphatic imine (C=N–C) groups is 1. The van der Waals surface area contributed by atoms with E-state index in [1.165, 1.54) is 23.8 Å². The second-order valence-electron chi connectivity index (χ2n) is 7.45. The Morgan fingerprint density at radius 1 is 1.40 bits per heavy atom. The van der Waals surface area contributed by atoms with E-state index in [0.717, 1.165) is 5.76 Å². The van der Waals surface area contributed by atoms with Crippen LogP contribution < -0.4 is 5.73 Å². The molecule has 2 fully saturated rings. The molecule has 1 unspecified atom stereocenters. The summed E-state index contributed by atoms with van der Waals surface area (Å²) >= 11 is 0. The van der Waals surface area contributed by atoms with Gasteiger partial charge in [-0.1, -0.05) is 0 Å². The SMILES string of the molecule is CN1C(=O)[C@@H]2CCOC[C@]2(C2CC(OCC3CC3)=CC=C2F)N=C1N. The van der Waals surface area contributed by atoms with Crippen molar-refractivity contribution in [3.8, 4) is 0 Å². The second-order valence-corrected chi connectivity index (χ2v) is 7.45. The number of nitrogens with zero attached hydrogens (tertiary/aromatic N) is 2. The predicted octanol–water partition coefficient (Wildman–Crippen LogP) is 1.73. The van der Waals surface area contributed by atoms with E-state index in [9.17, 15) is 9.18 Å². The maximum Gasteiger partial charge on any atom is 0.234 e. The van der Waals surface area contributed by atoms with Gasteiger partial charge in [-0.15, -0.1) is 0 Å². The first-order valence-corrected chi connectivity index (χ1v) is 8.91. The lowest BCUT2D eigenvalue weighted by molar-refractivity contribution is -0.142. The van der Waals surface area contributed by atoms with E-state index in [-0.39, 0.29) is 24.3 Å². The van der Waals surface area contributed by atoms with E-state index in [4.69, 9.17) is 15.2 Å². The highest BCUT2D eigenvalue weighted by Crippen LogP contribution is 2.47. The monoisotopic (exact) mass is 349 g/mol. The van der Waals surface area contributed by atoms with Crippen LogP contribution >= 0.6 is 0 Å². The fourth-order valence-electron chi connectivity index (χ4n) is 3.98. The largest absolute Gasteiger partial charge is 0.498 e. The fourth-order valence-corrected chi connectivity index (χ4v) is 3.98. The van der Waals surface area contributed by atoms with Crippen molar-refractivity contribution in [2.45, 2.75) is 31.2 Å². The van der Waals surface area contributed by atoms with E-state index in [2.05, 4.69) is 4.99 Å².